The molecule has 10 heteroatoms. The maximum Gasteiger partial charge on any atom is 0.472 e. The van der Waals surface area contributed by atoms with E-state index in [1.165, 1.54) is 173 Å². The third-order valence-corrected chi connectivity index (χ3v) is 13.0. The Labute approximate surface area is 407 Å². The van der Waals surface area contributed by atoms with Gasteiger partial charge in [-0.3, -0.25) is 18.6 Å². The average molecular weight is 950 g/mol. The van der Waals surface area contributed by atoms with Crippen LogP contribution in [0.1, 0.15) is 264 Å². The normalized spacial score (nSPS) is 13.5. The molecule has 0 radical (unpaired) electrons. The topological polar surface area (TPSA) is 134 Å². The van der Waals surface area contributed by atoms with Crippen LogP contribution in [0.15, 0.2) is 48.6 Å². The van der Waals surface area contributed by atoms with Crippen molar-refractivity contribution in [2.45, 2.75) is 270 Å². The molecule has 0 saturated heterocycles. The summed E-state index contributed by atoms with van der Waals surface area (Å²) in [5.41, 5.74) is 5.35. The lowest BCUT2D eigenvalue weighted by atomic mass is 10.0. The summed E-state index contributed by atoms with van der Waals surface area (Å²) < 4.78 is 32.8. The summed E-state index contributed by atoms with van der Waals surface area (Å²) in [7, 11) is -4.37. The monoisotopic (exact) mass is 950 g/mol. The number of carbonyl (C=O) groups is 2. The Bertz CT molecular complexity index is 1220. The van der Waals surface area contributed by atoms with Crippen molar-refractivity contribution in [3.05, 3.63) is 48.6 Å². The smallest absolute Gasteiger partial charge is 0.462 e. The second-order valence-electron chi connectivity index (χ2n) is 18.4. The Morgan fingerprint density at radius 1 is 0.470 bits per heavy atom. The highest BCUT2D eigenvalue weighted by Crippen LogP contribution is 2.43. The first-order valence-corrected chi connectivity index (χ1v) is 29.1. The molecule has 2 atom stereocenters. The summed E-state index contributed by atoms with van der Waals surface area (Å²) in [6.07, 6.45) is 63.6. The Morgan fingerprint density at radius 3 is 1.24 bits per heavy atom. The fraction of sp³-hybridized carbons (Fsp3) is 0.821. The molecule has 0 bridgehead atoms. The lowest BCUT2D eigenvalue weighted by Crippen LogP contribution is -2.29. The van der Waals surface area contributed by atoms with Gasteiger partial charge in [0.15, 0.2) is 6.10 Å². The first-order chi connectivity index (χ1) is 32.3. The molecule has 2 unspecified atom stereocenters. The van der Waals surface area contributed by atoms with E-state index in [-0.39, 0.29) is 38.6 Å². The van der Waals surface area contributed by atoms with Gasteiger partial charge in [0.2, 0.25) is 0 Å². The van der Waals surface area contributed by atoms with E-state index in [1.807, 2.05) is 0 Å². The molecule has 0 heterocycles. The van der Waals surface area contributed by atoms with Gasteiger partial charge >= 0.3 is 19.8 Å². The van der Waals surface area contributed by atoms with Crippen LogP contribution in [-0.2, 0) is 32.7 Å². The number of esters is 2. The summed E-state index contributed by atoms with van der Waals surface area (Å²) in [5, 5.41) is 0. The van der Waals surface area contributed by atoms with E-state index in [9.17, 15) is 19.0 Å². The van der Waals surface area contributed by atoms with E-state index in [4.69, 9.17) is 24.3 Å². The number of hydrogen-bond acceptors (Lipinski definition) is 8. The van der Waals surface area contributed by atoms with E-state index < -0.39 is 26.5 Å². The Morgan fingerprint density at radius 2 is 0.833 bits per heavy atom. The maximum atomic E-state index is 12.6. The van der Waals surface area contributed by atoms with Crippen LogP contribution in [0, 0.1) is 0 Å². The number of ether oxygens (including phenoxy) is 2. The molecular formula is C56H104NO8P. The molecule has 0 amide bonds. The van der Waals surface area contributed by atoms with Crippen LogP contribution in [-0.4, -0.2) is 49.3 Å². The fourth-order valence-electron chi connectivity index (χ4n) is 7.92. The van der Waals surface area contributed by atoms with Gasteiger partial charge in [-0.05, 0) is 51.4 Å². The summed E-state index contributed by atoms with van der Waals surface area (Å²) in [6.45, 7) is 3.61. The largest absolute Gasteiger partial charge is 0.472 e. The fourth-order valence-corrected chi connectivity index (χ4v) is 8.69. The number of allylic oxidation sites excluding steroid dienone is 8. The van der Waals surface area contributed by atoms with E-state index in [2.05, 4.69) is 62.5 Å². The van der Waals surface area contributed by atoms with Gasteiger partial charge in [-0.15, -0.1) is 0 Å². The molecular weight excluding hydrogens is 846 g/mol. The van der Waals surface area contributed by atoms with E-state index in [1.54, 1.807) is 0 Å². The van der Waals surface area contributed by atoms with Gasteiger partial charge in [0, 0.05) is 19.4 Å². The second-order valence-corrected chi connectivity index (χ2v) is 19.9. The van der Waals surface area contributed by atoms with Crippen molar-refractivity contribution in [3.63, 3.8) is 0 Å². The van der Waals surface area contributed by atoms with E-state index in [0.29, 0.717) is 6.42 Å². The van der Waals surface area contributed by atoms with Gasteiger partial charge in [0.25, 0.3) is 0 Å². The van der Waals surface area contributed by atoms with E-state index in [0.717, 1.165) is 57.8 Å². The zero-order chi connectivity index (χ0) is 48.1. The van der Waals surface area contributed by atoms with Crippen molar-refractivity contribution in [1.82, 2.24) is 0 Å². The number of rotatable bonds is 52. The van der Waals surface area contributed by atoms with Crippen molar-refractivity contribution in [2.75, 3.05) is 26.4 Å². The van der Waals surface area contributed by atoms with E-state index >= 15 is 0 Å². The Kier molecular flexibility index (Phi) is 50.7. The zero-order valence-electron chi connectivity index (χ0n) is 42.9. The first-order valence-electron chi connectivity index (χ1n) is 27.6. The third-order valence-electron chi connectivity index (χ3n) is 12.0. The predicted molar refractivity (Wildman–Crippen MR) is 280 cm³/mol. The van der Waals surface area contributed by atoms with Crippen LogP contribution < -0.4 is 5.73 Å². The van der Waals surface area contributed by atoms with Gasteiger partial charge in [0.05, 0.1) is 13.2 Å². The Hall–Kier alpha value is -2.03. The minimum atomic E-state index is -4.37. The minimum absolute atomic E-state index is 0.0556. The minimum Gasteiger partial charge on any atom is -0.462 e. The second kappa shape index (κ2) is 52.3. The number of carbonyl (C=O) groups excluding carboxylic acids is 2. The Balaban J connectivity index is 3.70. The first kappa shape index (κ1) is 64.0. The molecule has 66 heavy (non-hydrogen) atoms. The predicted octanol–water partition coefficient (Wildman–Crippen LogP) is 17.0. The molecule has 0 aliphatic carbocycles. The summed E-state index contributed by atoms with van der Waals surface area (Å²) in [4.78, 5) is 34.8. The standard InChI is InChI=1S/C56H104NO8P/c1-3-5-7-9-11-13-14-15-16-17-18-19-20-21-22-23-24-25-26-27-28-29-30-31-32-33-34-35-36-37-38-39-40-41-43-45-47-49-56(59)65-54(53-64-66(60,61)63-51-50-57)52-62-55(58)48-46-44-42-12-10-8-6-4-2/h5,7,11,13,15-16,18-19,54H,3-4,6,8-10,12,14,17,20-53,57H2,1-2H3,(H,60,61)/b7-5-,13-11-,16-15-,19-18-. The highest BCUT2D eigenvalue weighted by Gasteiger charge is 2.26. The van der Waals surface area contributed by atoms with Crippen LogP contribution >= 0.6 is 7.82 Å². The average Bonchev–Trinajstić information content (AvgIpc) is 3.31. The summed E-state index contributed by atoms with van der Waals surface area (Å²) in [5.74, 6) is -0.821. The SMILES string of the molecule is CC/C=C\C/C=C\C/C=C\C/C=C\CCCCCCCCCCCCCCCCCCCCCCCCCCC(=O)OC(COC(=O)CCCCCCCCCC)COP(=O)(O)OCCN. The molecule has 0 aromatic carbocycles. The zero-order valence-corrected chi connectivity index (χ0v) is 43.8. The van der Waals surface area contributed by atoms with Gasteiger partial charge in [0.1, 0.15) is 6.61 Å². The number of nitrogens with two attached hydrogens (primary N) is 1. The highest BCUT2D eigenvalue weighted by atomic mass is 31.2. The van der Waals surface area contributed by atoms with Crippen molar-refractivity contribution >= 4 is 19.8 Å². The molecule has 0 rings (SSSR count). The van der Waals surface area contributed by atoms with Gasteiger partial charge in [-0.1, -0.05) is 249 Å². The third kappa shape index (κ3) is 51.4. The molecule has 386 valence electrons. The van der Waals surface area contributed by atoms with Crippen molar-refractivity contribution in [1.29, 1.82) is 0 Å². The number of hydrogen-bond donors (Lipinski definition) is 2. The van der Waals surface area contributed by atoms with Gasteiger partial charge < -0.3 is 20.1 Å². The van der Waals surface area contributed by atoms with Crippen LogP contribution in [0.3, 0.4) is 0 Å². The summed E-state index contributed by atoms with van der Waals surface area (Å²) >= 11 is 0. The van der Waals surface area contributed by atoms with Crippen LogP contribution in [0.4, 0.5) is 0 Å². The highest BCUT2D eigenvalue weighted by molar-refractivity contribution is 7.47. The summed E-state index contributed by atoms with van der Waals surface area (Å²) in [6, 6.07) is 0. The number of unbranched alkanes of at least 4 members (excludes halogenated alkanes) is 31. The van der Waals surface area contributed by atoms with Crippen molar-refractivity contribution in [3.8, 4) is 0 Å². The van der Waals surface area contributed by atoms with Crippen LogP contribution in [0.2, 0.25) is 0 Å². The van der Waals surface area contributed by atoms with Gasteiger partial charge in [-0.25, -0.2) is 4.57 Å². The lowest BCUT2D eigenvalue weighted by Gasteiger charge is -2.19. The molecule has 9 nitrogen and oxygen atoms in total. The molecule has 0 spiro atoms. The molecule has 0 aromatic heterocycles. The van der Waals surface area contributed by atoms with Crippen LogP contribution in [0.5, 0.6) is 0 Å². The quantitative estimate of drug-likeness (QED) is 0.0264. The molecule has 0 aromatic rings. The molecule has 0 saturated carbocycles. The molecule has 0 aliphatic rings. The number of phosphoric acid groups is 1. The molecule has 3 N–H and O–H groups in total. The maximum absolute atomic E-state index is 12.6. The van der Waals surface area contributed by atoms with Gasteiger partial charge in [-0.2, -0.15) is 0 Å². The molecule has 0 fully saturated rings. The lowest BCUT2D eigenvalue weighted by molar-refractivity contribution is -0.161. The molecule has 0 aliphatic heterocycles. The van der Waals surface area contributed by atoms with Crippen molar-refractivity contribution < 1.29 is 37.6 Å². The number of phosphoric ester groups is 1. The van der Waals surface area contributed by atoms with Crippen LogP contribution in [0.25, 0.3) is 0 Å². The van der Waals surface area contributed by atoms with Crippen molar-refractivity contribution in [2.24, 2.45) is 5.73 Å².